The van der Waals surface area contributed by atoms with Gasteiger partial charge >= 0.3 is 0 Å². The van der Waals surface area contributed by atoms with Gasteiger partial charge in [-0.2, -0.15) is 5.10 Å². The lowest BCUT2D eigenvalue weighted by Crippen LogP contribution is -2.28. The predicted octanol–water partition coefficient (Wildman–Crippen LogP) is 3.24. The van der Waals surface area contributed by atoms with Crippen molar-refractivity contribution in [3.05, 3.63) is 60.3 Å². The molecule has 0 spiro atoms. The molecule has 1 atom stereocenters. The van der Waals surface area contributed by atoms with Crippen LogP contribution < -0.4 is 5.32 Å². The Morgan fingerprint density at radius 3 is 2.85 bits per heavy atom. The Kier molecular flexibility index (Phi) is 5.12. The first kappa shape index (κ1) is 17.6. The lowest BCUT2D eigenvalue weighted by molar-refractivity contribution is -0.119. The van der Waals surface area contributed by atoms with Crippen LogP contribution >= 0.6 is 23.1 Å². The molecule has 0 aliphatic rings. The van der Waals surface area contributed by atoms with E-state index in [-0.39, 0.29) is 11.9 Å². The second-order valence-electron chi connectivity index (χ2n) is 5.83. The SMILES string of the molecule is C[C@H](NC(=O)CSc1ncnc2sccc12)c1ccc(-n2cncn2)cc1. The summed E-state index contributed by atoms with van der Waals surface area (Å²) in [5.74, 6) is 0.276. The minimum Gasteiger partial charge on any atom is -0.349 e. The van der Waals surface area contributed by atoms with Gasteiger partial charge in [0.1, 0.15) is 28.8 Å². The van der Waals surface area contributed by atoms with E-state index in [1.54, 1.807) is 28.7 Å². The van der Waals surface area contributed by atoms with E-state index in [9.17, 15) is 4.79 Å². The zero-order valence-electron chi connectivity index (χ0n) is 14.4. The van der Waals surface area contributed by atoms with Gasteiger partial charge in [-0.25, -0.2) is 19.6 Å². The van der Waals surface area contributed by atoms with Gasteiger partial charge in [0.25, 0.3) is 0 Å². The van der Waals surface area contributed by atoms with Gasteiger partial charge in [-0.05, 0) is 36.1 Å². The largest absolute Gasteiger partial charge is 0.349 e. The van der Waals surface area contributed by atoms with Crippen LogP contribution in [-0.4, -0.2) is 36.4 Å². The van der Waals surface area contributed by atoms with Gasteiger partial charge in [0, 0.05) is 5.39 Å². The summed E-state index contributed by atoms with van der Waals surface area (Å²) in [6, 6.07) is 9.77. The Balaban J connectivity index is 1.35. The fraction of sp³-hybridized carbons (Fsp3) is 0.167. The summed E-state index contributed by atoms with van der Waals surface area (Å²) in [5, 5.41) is 10.9. The van der Waals surface area contributed by atoms with E-state index in [0.717, 1.165) is 26.5 Å². The second kappa shape index (κ2) is 7.85. The lowest BCUT2D eigenvalue weighted by Gasteiger charge is -2.14. The van der Waals surface area contributed by atoms with Crippen molar-refractivity contribution >= 4 is 39.2 Å². The van der Waals surface area contributed by atoms with Crippen molar-refractivity contribution in [2.45, 2.75) is 18.0 Å². The third kappa shape index (κ3) is 3.99. The van der Waals surface area contributed by atoms with E-state index >= 15 is 0 Å². The highest BCUT2D eigenvalue weighted by molar-refractivity contribution is 8.00. The number of aromatic nitrogens is 5. The van der Waals surface area contributed by atoms with Gasteiger partial charge in [-0.1, -0.05) is 23.9 Å². The molecule has 0 radical (unpaired) electrons. The van der Waals surface area contributed by atoms with Crippen molar-refractivity contribution in [3.8, 4) is 5.69 Å². The third-order valence-electron chi connectivity index (χ3n) is 4.02. The van der Waals surface area contributed by atoms with E-state index in [0.29, 0.717) is 5.75 Å². The molecule has 0 unspecified atom stereocenters. The van der Waals surface area contributed by atoms with Crippen LogP contribution in [0.15, 0.2) is 59.7 Å². The van der Waals surface area contributed by atoms with Crippen LogP contribution in [0.5, 0.6) is 0 Å². The number of thioether (sulfide) groups is 1. The highest BCUT2D eigenvalue weighted by Gasteiger charge is 2.12. The molecule has 0 fully saturated rings. The Morgan fingerprint density at radius 2 is 2.07 bits per heavy atom. The maximum absolute atomic E-state index is 12.3. The maximum atomic E-state index is 12.3. The maximum Gasteiger partial charge on any atom is 0.230 e. The number of fused-ring (bicyclic) bond motifs is 1. The number of thiophene rings is 1. The second-order valence-corrected chi connectivity index (χ2v) is 7.69. The Hall–Kier alpha value is -2.78. The molecule has 1 aromatic carbocycles. The highest BCUT2D eigenvalue weighted by Crippen LogP contribution is 2.27. The van der Waals surface area contributed by atoms with Crippen molar-refractivity contribution < 1.29 is 4.79 Å². The molecule has 136 valence electrons. The molecular formula is C18H16N6OS2. The number of carbonyl (C=O) groups excluding carboxylic acids is 1. The first-order chi connectivity index (χ1) is 13.2. The van der Waals surface area contributed by atoms with Gasteiger partial charge in [0.05, 0.1) is 17.5 Å². The first-order valence-corrected chi connectivity index (χ1v) is 10.1. The summed E-state index contributed by atoms with van der Waals surface area (Å²) in [6.07, 6.45) is 4.68. The fourth-order valence-corrected chi connectivity index (χ4v) is 4.23. The number of nitrogens with one attached hydrogen (secondary N) is 1. The van der Waals surface area contributed by atoms with Crippen LogP contribution in [0.2, 0.25) is 0 Å². The van der Waals surface area contributed by atoms with Gasteiger partial charge < -0.3 is 5.32 Å². The van der Waals surface area contributed by atoms with E-state index in [2.05, 4.69) is 25.4 Å². The average molecular weight is 397 g/mol. The fourth-order valence-electron chi connectivity index (χ4n) is 2.64. The molecule has 1 N–H and O–H groups in total. The molecule has 0 saturated carbocycles. The predicted molar refractivity (Wildman–Crippen MR) is 106 cm³/mol. The standard InChI is InChI=1S/C18H16N6OS2/c1-12(13-2-4-14(5-3-13)24-11-19-9-22-24)23-16(25)8-27-18-15-6-7-26-17(15)20-10-21-18/h2-7,9-12H,8H2,1H3,(H,23,25)/t12-/m0/s1. The van der Waals surface area contributed by atoms with Crippen molar-refractivity contribution in [2.75, 3.05) is 5.75 Å². The number of hydrogen-bond donors (Lipinski definition) is 1. The summed E-state index contributed by atoms with van der Waals surface area (Å²) in [4.78, 5) is 25.7. The molecule has 3 heterocycles. The third-order valence-corrected chi connectivity index (χ3v) is 5.85. The Morgan fingerprint density at radius 1 is 1.22 bits per heavy atom. The Bertz CT molecular complexity index is 1050. The van der Waals surface area contributed by atoms with Crippen LogP contribution in [0.1, 0.15) is 18.5 Å². The van der Waals surface area contributed by atoms with Gasteiger partial charge in [-0.15, -0.1) is 11.3 Å². The number of hydrogen-bond acceptors (Lipinski definition) is 7. The number of amides is 1. The van der Waals surface area contributed by atoms with Gasteiger partial charge in [-0.3, -0.25) is 4.79 Å². The quantitative estimate of drug-likeness (QED) is 0.398. The monoisotopic (exact) mass is 396 g/mol. The minimum absolute atomic E-state index is 0.0326. The van der Waals surface area contributed by atoms with E-state index in [4.69, 9.17) is 0 Å². The normalized spacial score (nSPS) is 12.2. The molecule has 27 heavy (non-hydrogen) atoms. The Labute approximate surface area is 163 Å². The average Bonchev–Trinajstić information content (AvgIpc) is 3.38. The first-order valence-electron chi connectivity index (χ1n) is 8.26. The van der Waals surface area contributed by atoms with E-state index < -0.39 is 0 Å². The summed E-state index contributed by atoms with van der Waals surface area (Å²) < 4.78 is 1.69. The topological polar surface area (TPSA) is 85.6 Å². The number of benzene rings is 1. The zero-order chi connectivity index (χ0) is 18.6. The molecule has 0 saturated heterocycles. The van der Waals surface area contributed by atoms with Gasteiger partial charge in [0.15, 0.2) is 0 Å². The smallest absolute Gasteiger partial charge is 0.230 e. The number of carbonyl (C=O) groups is 1. The molecule has 4 rings (SSSR count). The molecule has 3 aromatic heterocycles. The molecule has 4 aromatic rings. The van der Waals surface area contributed by atoms with Crippen LogP contribution in [0.3, 0.4) is 0 Å². The van der Waals surface area contributed by atoms with Gasteiger partial charge in [0.2, 0.25) is 5.91 Å². The number of rotatable bonds is 6. The van der Waals surface area contributed by atoms with Crippen molar-refractivity contribution in [1.29, 1.82) is 0 Å². The lowest BCUT2D eigenvalue weighted by atomic mass is 10.1. The van der Waals surface area contributed by atoms with Crippen LogP contribution in [0.25, 0.3) is 15.9 Å². The van der Waals surface area contributed by atoms with Crippen molar-refractivity contribution in [2.24, 2.45) is 0 Å². The molecule has 0 aliphatic heterocycles. The summed E-state index contributed by atoms with van der Waals surface area (Å²) in [5.41, 5.74) is 1.95. The van der Waals surface area contributed by atoms with E-state index in [1.807, 2.05) is 42.6 Å². The van der Waals surface area contributed by atoms with E-state index in [1.165, 1.54) is 18.1 Å². The zero-order valence-corrected chi connectivity index (χ0v) is 16.1. The molecular weight excluding hydrogens is 380 g/mol. The van der Waals surface area contributed by atoms with Crippen LogP contribution in [0, 0.1) is 0 Å². The molecule has 7 nitrogen and oxygen atoms in total. The highest BCUT2D eigenvalue weighted by atomic mass is 32.2. The van der Waals surface area contributed by atoms with Crippen LogP contribution in [-0.2, 0) is 4.79 Å². The summed E-state index contributed by atoms with van der Waals surface area (Å²) >= 11 is 2.99. The summed E-state index contributed by atoms with van der Waals surface area (Å²) in [7, 11) is 0. The summed E-state index contributed by atoms with van der Waals surface area (Å²) in [6.45, 7) is 1.97. The minimum atomic E-state index is -0.0885. The molecule has 0 bridgehead atoms. The number of nitrogens with zero attached hydrogens (tertiary/aromatic N) is 5. The molecule has 0 aliphatic carbocycles. The van der Waals surface area contributed by atoms with Crippen molar-refractivity contribution in [3.63, 3.8) is 0 Å². The molecule has 9 heteroatoms. The van der Waals surface area contributed by atoms with Crippen molar-refractivity contribution in [1.82, 2.24) is 30.0 Å². The van der Waals surface area contributed by atoms with Crippen LogP contribution in [0.4, 0.5) is 0 Å². The molecule has 1 amide bonds.